The van der Waals surface area contributed by atoms with Crippen LogP contribution in [-0.4, -0.2) is 42.4 Å². The van der Waals surface area contributed by atoms with E-state index in [-0.39, 0.29) is 40.3 Å². The molecule has 6 nitrogen and oxygen atoms in total. The lowest BCUT2D eigenvalue weighted by Gasteiger charge is -2.10. The molecule has 7 heteroatoms. The van der Waals surface area contributed by atoms with E-state index in [0.29, 0.717) is 6.54 Å². The largest absolute Gasteiger partial charge is 0.497 e. The Morgan fingerprint density at radius 2 is 2.05 bits per heavy atom. The summed E-state index contributed by atoms with van der Waals surface area (Å²) in [6, 6.07) is 2.67. The molecule has 1 fully saturated rings. The van der Waals surface area contributed by atoms with Crippen molar-refractivity contribution >= 4 is 23.5 Å². The number of carboxylic acids is 1. The van der Waals surface area contributed by atoms with Crippen molar-refractivity contribution in [3.8, 4) is 5.75 Å². The highest BCUT2D eigenvalue weighted by molar-refractivity contribution is 6.36. The number of amides is 1. The number of carbonyl (C=O) groups is 2. The second-order valence-corrected chi connectivity index (χ2v) is 5.37. The number of nitrogens with one attached hydrogen (secondary N) is 1. The van der Waals surface area contributed by atoms with E-state index in [1.165, 1.54) is 19.2 Å². The minimum absolute atomic E-state index is 0.0645. The Labute approximate surface area is 126 Å². The maximum atomic E-state index is 12.1. The summed E-state index contributed by atoms with van der Waals surface area (Å²) < 4.78 is 4.99. The predicted molar refractivity (Wildman–Crippen MR) is 76.0 cm³/mol. The summed E-state index contributed by atoms with van der Waals surface area (Å²) in [5, 5.41) is 20.6. The quantitative estimate of drug-likeness (QED) is 0.738. The highest BCUT2D eigenvalue weighted by atomic mass is 35.5. The van der Waals surface area contributed by atoms with Crippen molar-refractivity contribution in [2.45, 2.75) is 6.42 Å². The molecule has 0 bridgehead atoms. The topological polar surface area (TPSA) is 95.9 Å². The van der Waals surface area contributed by atoms with Crippen molar-refractivity contribution in [1.82, 2.24) is 5.32 Å². The van der Waals surface area contributed by atoms with Crippen LogP contribution in [0.5, 0.6) is 5.75 Å². The van der Waals surface area contributed by atoms with Crippen molar-refractivity contribution in [2.75, 3.05) is 20.3 Å². The fourth-order valence-corrected chi connectivity index (χ4v) is 2.42. The van der Waals surface area contributed by atoms with Gasteiger partial charge in [0.1, 0.15) is 5.75 Å². The van der Waals surface area contributed by atoms with Gasteiger partial charge in [-0.25, -0.2) is 4.79 Å². The molecule has 0 spiro atoms. The third-order valence-corrected chi connectivity index (χ3v) is 3.99. The molecule has 1 saturated carbocycles. The van der Waals surface area contributed by atoms with Crippen molar-refractivity contribution in [1.29, 1.82) is 0 Å². The molecule has 3 N–H and O–H groups in total. The molecule has 1 aliphatic carbocycles. The summed E-state index contributed by atoms with van der Waals surface area (Å²) in [4.78, 5) is 23.3. The zero-order chi connectivity index (χ0) is 15.6. The van der Waals surface area contributed by atoms with E-state index >= 15 is 0 Å². The van der Waals surface area contributed by atoms with E-state index in [9.17, 15) is 9.59 Å². The van der Waals surface area contributed by atoms with E-state index < -0.39 is 11.9 Å². The number of aliphatic hydroxyl groups is 1. The second-order valence-electron chi connectivity index (χ2n) is 4.99. The molecule has 1 aliphatic rings. The second kappa shape index (κ2) is 6.32. The molecular weight excluding hydrogens is 298 g/mol. The Balaban J connectivity index is 2.15. The molecule has 21 heavy (non-hydrogen) atoms. The minimum Gasteiger partial charge on any atom is -0.497 e. The van der Waals surface area contributed by atoms with Gasteiger partial charge in [0.15, 0.2) is 0 Å². The van der Waals surface area contributed by atoms with Crippen molar-refractivity contribution in [3.63, 3.8) is 0 Å². The zero-order valence-electron chi connectivity index (χ0n) is 11.4. The molecule has 0 saturated heterocycles. The van der Waals surface area contributed by atoms with Crippen LogP contribution in [0.2, 0.25) is 5.02 Å². The smallest absolute Gasteiger partial charge is 0.337 e. The normalized spacial score (nSPS) is 20.0. The number of halogens is 1. The van der Waals surface area contributed by atoms with Gasteiger partial charge in [0, 0.05) is 13.2 Å². The first-order valence-electron chi connectivity index (χ1n) is 6.47. The fraction of sp³-hybridized carbons (Fsp3) is 0.429. The minimum atomic E-state index is -1.23. The van der Waals surface area contributed by atoms with Crippen LogP contribution in [0.25, 0.3) is 0 Å². The molecule has 0 radical (unpaired) electrons. The van der Waals surface area contributed by atoms with Gasteiger partial charge in [0.25, 0.3) is 5.91 Å². The summed E-state index contributed by atoms with van der Waals surface area (Å²) in [7, 11) is 1.38. The van der Waals surface area contributed by atoms with Gasteiger partial charge in [-0.05, 0) is 30.4 Å². The van der Waals surface area contributed by atoms with Gasteiger partial charge >= 0.3 is 5.97 Å². The SMILES string of the molecule is COc1cc(C(=O)O)c(Cl)c(C(=O)NC[C@@H]2C[C@@H]2CO)c1. The molecule has 1 amide bonds. The van der Waals surface area contributed by atoms with Gasteiger partial charge in [0.05, 0.1) is 23.3 Å². The number of hydrogen-bond acceptors (Lipinski definition) is 4. The Morgan fingerprint density at radius 3 is 2.57 bits per heavy atom. The number of aliphatic hydroxyl groups excluding tert-OH is 1. The number of ether oxygens (including phenoxy) is 1. The zero-order valence-corrected chi connectivity index (χ0v) is 12.2. The fourth-order valence-electron chi connectivity index (χ4n) is 2.14. The number of benzene rings is 1. The molecule has 0 heterocycles. The van der Waals surface area contributed by atoms with Crippen LogP contribution in [0, 0.1) is 11.8 Å². The molecular formula is C14H16ClNO5. The van der Waals surface area contributed by atoms with Crippen LogP contribution in [-0.2, 0) is 0 Å². The van der Waals surface area contributed by atoms with E-state index in [4.69, 9.17) is 26.6 Å². The third-order valence-electron chi connectivity index (χ3n) is 3.59. The average molecular weight is 314 g/mol. The van der Waals surface area contributed by atoms with E-state index in [0.717, 1.165) is 6.42 Å². The Morgan fingerprint density at radius 1 is 1.38 bits per heavy atom. The Hall–Kier alpha value is -1.79. The summed E-state index contributed by atoms with van der Waals surface area (Å²) in [5.41, 5.74) is -0.115. The van der Waals surface area contributed by atoms with Crippen LogP contribution < -0.4 is 10.1 Å². The lowest BCUT2D eigenvalue weighted by Crippen LogP contribution is -2.27. The number of methoxy groups -OCH3 is 1. The standard InChI is InChI=1S/C14H16ClNO5/c1-21-9-3-10(12(15)11(4-9)14(19)20)13(18)16-5-7-2-8(7)6-17/h3-4,7-8,17H,2,5-6H2,1H3,(H,16,18)(H,19,20)/t7-,8+/m0/s1. The molecule has 1 aromatic carbocycles. The van der Waals surface area contributed by atoms with E-state index in [2.05, 4.69) is 5.32 Å². The average Bonchev–Trinajstić information content (AvgIpc) is 3.23. The lowest BCUT2D eigenvalue weighted by atomic mass is 10.1. The van der Waals surface area contributed by atoms with Gasteiger partial charge in [-0.2, -0.15) is 0 Å². The Kier molecular flexibility index (Phi) is 4.69. The summed E-state index contributed by atoms with van der Waals surface area (Å²) in [6.45, 7) is 0.545. The summed E-state index contributed by atoms with van der Waals surface area (Å²) >= 11 is 5.98. The van der Waals surface area contributed by atoms with Gasteiger partial charge in [-0.3, -0.25) is 4.79 Å². The maximum Gasteiger partial charge on any atom is 0.337 e. The molecule has 1 aromatic rings. The molecule has 2 atom stereocenters. The number of hydrogen-bond donors (Lipinski definition) is 3. The van der Waals surface area contributed by atoms with Crippen LogP contribution in [0.1, 0.15) is 27.1 Å². The number of carbonyl (C=O) groups excluding carboxylic acids is 1. The first-order valence-corrected chi connectivity index (χ1v) is 6.85. The number of rotatable bonds is 6. The third kappa shape index (κ3) is 3.46. The highest BCUT2D eigenvalue weighted by Gasteiger charge is 2.36. The van der Waals surface area contributed by atoms with Crippen LogP contribution in [0.4, 0.5) is 0 Å². The summed E-state index contributed by atoms with van der Waals surface area (Å²) in [5.74, 6) is -0.926. The molecule has 0 aliphatic heterocycles. The monoisotopic (exact) mass is 313 g/mol. The van der Waals surface area contributed by atoms with Gasteiger partial charge in [0.2, 0.25) is 0 Å². The molecule has 0 aromatic heterocycles. The van der Waals surface area contributed by atoms with Gasteiger partial charge < -0.3 is 20.3 Å². The molecule has 2 rings (SSSR count). The van der Waals surface area contributed by atoms with Crippen LogP contribution in [0.15, 0.2) is 12.1 Å². The highest BCUT2D eigenvalue weighted by Crippen LogP contribution is 2.37. The summed E-state index contributed by atoms with van der Waals surface area (Å²) in [6.07, 6.45) is 0.878. The first-order chi connectivity index (χ1) is 9.97. The molecule has 114 valence electrons. The Bertz CT molecular complexity index is 575. The lowest BCUT2D eigenvalue weighted by molar-refractivity contribution is 0.0696. The van der Waals surface area contributed by atoms with Gasteiger partial charge in [-0.1, -0.05) is 11.6 Å². The first kappa shape index (κ1) is 15.6. The van der Waals surface area contributed by atoms with E-state index in [1.807, 2.05) is 0 Å². The van der Waals surface area contributed by atoms with Crippen molar-refractivity contribution in [3.05, 3.63) is 28.3 Å². The van der Waals surface area contributed by atoms with Crippen LogP contribution >= 0.6 is 11.6 Å². The van der Waals surface area contributed by atoms with Crippen molar-refractivity contribution in [2.24, 2.45) is 11.8 Å². The van der Waals surface area contributed by atoms with Gasteiger partial charge in [-0.15, -0.1) is 0 Å². The number of carboxylic acid groups (broad SMARTS) is 1. The predicted octanol–water partition coefficient (Wildman–Crippen LogP) is 1.41. The number of aromatic carboxylic acids is 1. The van der Waals surface area contributed by atoms with Crippen molar-refractivity contribution < 1.29 is 24.5 Å². The van der Waals surface area contributed by atoms with Crippen LogP contribution in [0.3, 0.4) is 0 Å². The molecule has 0 unspecified atom stereocenters. The van der Waals surface area contributed by atoms with E-state index in [1.54, 1.807) is 0 Å². The maximum absolute atomic E-state index is 12.1.